The van der Waals surface area contributed by atoms with Gasteiger partial charge in [-0.05, 0) is 31.8 Å². The zero-order chi connectivity index (χ0) is 12.1. The fourth-order valence-corrected chi connectivity index (χ4v) is 2.03. The number of methoxy groups -OCH3 is 1. The number of aromatic amines is 1. The van der Waals surface area contributed by atoms with E-state index < -0.39 is 0 Å². The number of H-pyrrole nitrogens is 1. The molecule has 0 aromatic carbocycles. The van der Waals surface area contributed by atoms with Crippen LogP contribution >= 0.6 is 0 Å². The molecule has 1 saturated heterocycles. The molecular formula is C11H18N4O2. The van der Waals surface area contributed by atoms with E-state index in [4.69, 9.17) is 4.74 Å². The Morgan fingerprint density at radius 1 is 1.53 bits per heavy atom. The van der Waals surface area contributed by atoms with Gasteiger partial charge in [0.2, 0.25) is 5.75 Å². The topological polar surface area (TPSA) is 79.0 Å². The van der Waals surface area contributed by atoms with Crippen molar-refractivity contribution in [2.75, 3.05) is 32.1 Å². The highest BCUT2D eigenvalue weighted by molar-refractivity contribution is 5.47. The van der Waals surface area contributed by atoms with Gasteiger partial charge < -0.3 is 20.4 Å². The van der Waals surface area contributed by atoms with Crippen molar-refractivity contribution < 1.29 is 4.74 Å². The quantitative estimate of drug-likeness (QED) is 0.698. The molecule has 17 heavy (non-hydrogen) atoms. The number of hydrogen-bond acceptors (Lipinski definition) is 5. The van der Waals surface area contributed by atoms with Crippen LogP contribution in [-0.2, 0) is 0 Å². The van der Waals surface area contributed by atoms with Gasteiger partial charge in [0.05, 0.1) is 13.4 Å². The van der Waals surface area contributed by atoms with Crippen LogP contribution in [0.5, 0.6) is 5.75 Å². The molecule has 0 bridgehead atoms. The summed E-state index contributed by atoms with van der Waals surface area (Å²) < 4.78 is 5.03. The largest absolute Gasteiger partial charge is 0.489 e. The summed E-state index contributed by atoms with van der Waals surface area (Å²) in [4.78, 5) is 18.0. The van der Waals surface area contributed by atoms with E-state index in [1.54, 1.807) is 0 Å². The second-order valence-corrected chi connectivity index (χ2v) is 4.19. The number of nitrogens with zero attached hydrogens (tertiary/aromatic N) is 1. The van der Waals surface area contributed by atoms with Crippen LogP contribution in [-0.4, -0.2) is 36.7 Å². The van der Waals surface area contributed by atoms with Crippen LogP contribution in [0.25, 0.3) is 0 Å². The van der Waals surface area contributed by atoms with E-state index in [-0.39, 0.29) is 11.3 Å². The summed E-state index contributed by atoms with van der Waals surface area (Å²) in [6.07, 6.45) is 3.69. The first-order valence-corrected chi connectivity index (χ1v) is 5.87. The molecule has 1 aliphatic rings. The number of nitrogens with one attached hydrogen (secondary N) is 3. The first-order valence-electron chi connectivity index (χ1n) is 5.87. The SMILES string of the molecule is COc1c(NCC2CCNCC2)nc[nH]c1=O. The van der Waals surface area contributed by atoms with Crippen molar-refractivity contribution in [2.45, 2.75) is 12.8 Å². The van der Waals surface area contributed by atoms with Gasteiger partial charge in [-0.2, -0.15) is 0 Å². The maximum atomic E-state index is 11.5. The van der Waals surface area contributed by atoms with Crippen molar-refractivity contribution in [3.8, 4) is 5.75 Å². The standard InChI is InChI=1S/C11H18N4O2/c1-17-9-10(14-7-15-11(9)16)13-6-8-2-4-12-5-3-8/h7-8,12H,2-6H2,1H3,(H2,13,14,15,16). The highest BCUT2D eigenvalue weighted by atomic mass is 16.5. The van der Waals surface area contributed by atoms with Gasteiger partial charge in [-0.3, -0.25) is 4.79 Å². The van der Waals surface area contributed by atoms with Gasteiger partial charge in [0.1, 0.15) is 0 Å². The van der Waals surface area contributed by atoms with E-state index in [2.05, 4.69) is 20.6 Å². The number of ether oxygens (including phenoxy) is 1. The third kappa shape index (κ3) is 2.97. The molecule has 2 heterocycles. The minimum Gasteiger partial charge on any atom is -0.489 e. The summed E-state index contributed by atoms with van der Waals surface area (Å²) in [6.45, 7) is 2.95. The number of hydrogen-bond donors (Lipinski definition) is 3. The van der Waals surface area contributed by atoms with Crippen LogP contribution in [0, 0.1) is 5.92 Å². The van der Waals surface area contributed by atoms with Gasteiger partial charge >= 0.3 is 0 Å². The number of piperidine rings is 1. The fourth-order valence-electron chi connectivity index (χ4n) is 2.03. The monoisotopic (exact) mass is 238 g/mol. The molecular weight excluding hydrogens is 220 g/mol. The molecule has 0 spiro atoms. The first kappa shape index (κ1) is 11.9. The summed E-state index contributed by atoms with van der Waals surface area (Å²) in [7, 11) is 1.47. The molecule has 0 unspecified atom stereocenters. The normalized spacial score (nSPS) is 16.8. The van der Waals surface area contributed by atoms with Gasteiger partial charge in [-0.25, -0.2) is 4.98 Å². The second-order valence-electron chi connectivity index (χ2n) is 4.19. The van der Waals surface area contributed by atoms with E-state index in [0.29, 0.717) is 11.7 Å². The van der Waals surface area contributed by atoms with Crippen LogP contribution in [0.15, 0.2) is 11.1 Å². The first-order chi connectivity index (χ1) is 8.31. The predicted molar refractivity (Wildman–Crippen MR) is 65.5 cm³/mol. The summed E-state index contributed by atoms with van der Waals surface area (Å²) >= 11 is 0. The molecule has 1 fully saturated rings. The Morgan fingerprint density at radius 3 is 3.00 bits per heavy atom. The Labute approximate surface area is 99.8 Å². The number of anilines is 1. The minimum atomic E-state index is -0.254. The summed E-state index contributed by atoms with van der Waals surface area (Å²) in [5.74, 6) is 1.40. The molecule has 1 aromatic heterocycles. The van der Waals surface area contributed by atoms with Crippen LogP contribution < -0.4 is 20.9 Å². The summed E-state index contributed by atoms with van der Waals surface area (Å²) in [6, 6.07) is 0. The average Bonchev–Trinajstić information content (AvgIpc) is 2.37. The number of rotatable bonds is 4. The van der Waals surface area contributed by atoms with Crippen molar-refractivity contribution in [3.63, 3.8) is 0 Å². The predicted octanol–water partition coefficient (Wildman–Crippen LogP) is 0.190. The summed E-state index contributed by atoms with van der Waals surface area (Å²) in [5.41, 5.74) is -0.254. The molecule has 6 heteroatoms. The Balaban J connectivity index is 1.98. The zero-order valence-corrected chi connectivity index (χ0v) is 9.95. The van der Waals surface area contributed by atoms with Crippen LogP contribution in [0.1, 0.15) is 12.8 Å². The lowest BCUT2D eigenvalue weighted by atomic mass is 9.98. The molecule has 0 atom stereocenters. The molecule has 1 aliphatic heterocycles. The summed E-state index contributed by atoms with van der Waals surface area (Å²) in [5, 5.41) is 6.51. The second kappa shape index (κ2) is 5.67. The highest BCUT2D eigenvalue weighted by Crippen LogP contribution is 2.17. The van der Waals surface area contributed by atoms with Crippen LogP contribution in [0.4, 0.5) is 5.82 Å². The third-order valence-electron chi connectivity index (χ3n) is 3.03. The van der Waals surface area contributed by atoms with Crippen LogP contribution in [0.3, 0.4) is 0 Å². The van der Waals surface area contributed by atoms with Crippen molar-refractivity contribution in [3.05, 3.63) is 16.7 Å². The van der Waals surface area contributed by atoms with Crippen molar-refractivity contribution >= 4 is 5.82 Å². The maximum absolute atomic E-state index is 11.5. The van der Waals surface area contributed by atoms with Crippen molar-refractivity contribution in [1.29, 1.82) is 0 Å². The Bertz CT molecular complexity index is 412. The van der Waals surface area contributed by atoms with E-state index in [1.165, 1.54) is 13.4 Å². The zero-order valence-electron chi connectivity index (χ0n) is 9.95. The van der Waals surface area contributed by atoms with Gasteiger partial charge in [0.25, 0.3) is 5.56 Å². The van der Waals surface area contributed by atoms with Gasteiger partial charge in [-0.1, -0.05) is 0 Å². The maximum Gasteiger partial charge on any atom is 0.295 e. The smallest absolute Gasteiger partial charge is 0.295 e. The third-order valence-corrected chi connectivity index (χ3v) is 3.03. The molecule has 0 radical (unpaired) electrons. The molecule has 2 rings (SSSR count). The molecule has 1 aromatic rings. The molecule has 0 amide bonds. The lowest BCUT2D eigenvalue weighted by Gasteiger charge is -2.23. The molecule has 6 nitrogen and oxygen atoms in total. The highest BCUT2D eigenvalue weighted by Gasteiger charge is 2.14. The molecule has 0 saturated carbocycles. The Hall–Kier alpha value is -1.56. The van der Waals surface area contributed by atoms with Gasteiger partial charge in [0.15, 0.2) is 5.82 Å². The molecule has 94 valence electrons. The van der Waals surface area contributed by atoms with E-state index in [1.807, 2.05) is 0 Å². The lowest BCUT2D eigenvalue weighted by molar-refractivity contribution is 0.386. The number of aromatic nitrogens is 2. The average molecular weight is 238 g/mol. The Morgan fingerprint density at radius 2 is 2.29 bits per heavy atom. The van der Waals surface area contributed by atoms with Gasteiger partial charge in [-0.15, -0.1) is 0 Å². The molecule has 0 aliphatic carbocycles. The van der Waals surface area contributed by atoms with Crippen molar-refractivity contribution in [2.24, 2.45) is 5.92 Å². The van der Waals surface area contributed by atoms with Crippen LogP contribution in [0.2, 0.25) is 0 Å². The van der Waals surface area contributed by atoms with Crippen molar-refractivity contribution in [1.82, 2.24) is 15.3 Å². The van der Waals surface area contributed by atoms with Gasteiger partial charge in [0, 0.05) is 6.54 Å². The fraction of sp³-hybridized carbons (Fsp3) is 0.636. The van der Waals surface area contributed by atoms with E-state index in [9.17, 15) is 4.79 Å². The van der Waals surface area contributed by atoms with E-state index >= 15 is 0 Å². The Kier molecular flexibility index (Phi) is 3.98. The van der Waals surface area contributed by atoms with E-state index in [0.717, 1.165) is 32.5 Å². The lowest BCUT2D eigenvalue weighted by Crippen LogP contribution is -2.31. The molecule has 3 N–H and O–H groups in total. The minimum absolute atomic E-state index is 0.251.